The Balaban J connectivity index is 2.43. The van der Waals surface area contributed by atoms with Crippen LogP contribution < -0.4 is 11.1 Å². The number of rotatable bonds is 2. The van der Waals surface area contributed by atoms with Gasteiger partial charge in [0.15, 0.2) is 11.6 Å². The van der Waals surface area contributed by atoms with Gasteiger partial charge in [0.05, 0.1) is 5.69 Å². The molecular formula is C10H6BrF3N4. The van der Waals surface area contributed by atoms with Gasteiger partial charge in [-0.15, -0.1) is 0 Å². The van der Waals surface area contributed by atoms with Crippen LogP contribution in [-0.2, 0) is 0 Å². The van der Waals surface area contributed by atoms with Gasteiger partial charge in [-0.1, -0.05) is 0 Å². The number of nitrogen functional groups attached to an aromatic ring is 1. The van der Waals surface area contributed by atoms with Gasteiger partial charge in [0, 0.05) is 12.1 Å². The van der Waals surface area contributed by atoms with Gasteiger partial charge in [0.1, 0.15) is 28.3 Å². The summed E-state index contributed by atoms with van der Waals surface area (Å²) < 4.78 is 39.7. The van der Waals surface area contributed by atoms with Gasteiger partial charge in [0.25, 0.3) is 0 Å². The second kappa shape index (κ2) is 4.81. The van der Waals surface area contributed by atoms with E-state index >= 15 is 0 Å². The molecule has 1 heterocycles. The number of benzene rings is 1. The lowest BCUT2D eigenvalue weighted by Crippen LogP contribution is -2.03. The summed E-state index contributed by atoms with van der Waals surface area (Å²) in [6, 6.07) is 1.26. The summed E-state index contributed by atoms with van der Waals surface area (Å²) >= 11 is 3.08. The minimum Gasteiger partial charge on any atom is -0.383 e. The first-order valence-electron chi connectivity index (χ1n) is 4.66. The molecule has 1 aromatic carbocycles. The fourth-order valence-electron chi connectivity index (χ4n) is 1.25. The zero-order valence-electron chi connectivity index (χ0n) is 8.72. The predicted octanol–water partition coefficient (Wildman–Crippen LogP) is 2.98. The largest absolute Gasteiger partial charge is 0.383 e. The first-order valence-corrected chi connectivity index (χ1v) is 5.46. The van der Waals surface area contributed by atoms with E-state index in [4.69, 9.17) is 5.73 Å². The van der Waals surface area contributed by atoms with E-state index in [9.17, 15) is 13.2 Å². The third kappa shape index (κ3) is 2.37. The molecule has 0 bridgehead atoms. The van der Waals surface area contributed by atoms with Crippen LogP contribution in [0.25, 0.3) is 0 Å². The Morgan fingerprint density at radius 3 is 2.61 bits per heavy atom. The third-order valence-corrected chi connectivity index (χ3v) is 2.84. The molecule has 1 aromatic heterocycles. The van der Waals surface area contributed by atoms with E-state index in [1.54, 1.807) is 0 Å². The summed E-state index contributed by atoms with van der Waals surface area (Å²) in [5.74, 6) is -3.19. The molecule has 0 saturated carbocycles. The first kappa shape index (κ1) is 12.6. The molecule has 94 valence electrons. The molecule has 0 saturated heterocycles. The van der Waals surface area contributed by atoms with Crippen molar-refractivity contribution in [1.29, 1.82) is 0 Å². The SMILES string of the molecule is Nc1ncnc(Nc2cc(F)cc(F)c2F)c1Br. The van der Waals surface area contributed by atoms with Crippen LogP contribution in [0.2, 0.25) is 0 Å². The number of hydrogen-bond acceptors (Lipinski definition) is 4. The molecule has 2 aromatic rings. The van der Waals surface area contributed by atoms with E-state index in [0.29, 0.717) is 6.07 Å². The molecule has 18 heavy (non-hydrogen) atoms. The molecule has 4 nitrogen and oxygen atoms in total. The Morgan fingerprint density at radius 1 is 1.17 bits per heavy atom. The van der Waals surface area contributed by atoms with Gasteiger partial charge in [-0.3, -0.25) is 0 Å². The molecule has 0 amide bonds. The standard InChI is InChI=1S/C10H6BrF3N4/c11-7-9(15)16-3-17-10(7)18-6-2-4(12)1-5(13)8(6)14/h1-3H,(H3,15,16,17,18). The number of anilines is 3. The maximum absolute atomic E-state index is 13.4. The number of aromatic nitrogens is 2. The van der Waals surface area contributed by atoms with Crippen molar-refractivity contribution in [2.45, 2.75) is 0 Å². The zero-order chi connectivity index (χ0) is 13.3. The van der Waals surface area contributed by atoms with Crippen molar-refractivity contribution >= 4 is 33.3 Å². The minimum absolute atomic E-state index is 0.103. The highest BCUT2D eigenvalue weighted by atomic mass is 79.9. The molecule has 0 aliphatic carbocycles. The summed E-state index contributed by atoms with van der Waals surface area (Å²) in [6.07, 6.45) is 1.13. The van der Waals surface area contributed by atoms with Crippen LogP contribution in [0.15, 0.2) is 22.9 Å². The molecule has 8 heteroatoms. The number of hydrogen-bond donors (Lipinski definition) is 2. The average molecular weight is 319 g/mol. The van der Waals surface area contributed by atoms with E-state index in [2.05, 4.69) is 31.2 Å². The van der Waals surface area contributed by atoms with E-state index in [1.165, 1.54) is 0 Å². The lowest BCUT2D eigenvalue weighted by Gasteiger charge is -2.09. The Labute approximate surface area is 108 Å². The molecule has 0 spiro atoms. The molecule has 0 aliphatic rings. The third-order valence-electron chi connectivity index (χ3n) is 2.06. The van der Waals surface area contributed by atoms with Crippen molar-refractivity contribution in [1.82, 2.24) is 9.97 Å². The minimum atomic E-state index is -1.30. The van der Waals surface area contributed by atoms with Crippen molar-refractivity contribution in [2.75, 3.05) is 11.1 Å². The smallest absolute Gasteiger partial charge is 0.182 e. The number of nitrogens with two attached hydrogens (primary N) is 1. The Kier molecular flexibility index (Phi) is 3.37. The molecule has 0 unspecified atom stereocenters. The Hall–Kier alpha value is -1.83. The molecule has 3 N–H and O–H groups in total. The van der Waals surface area contributed by atoms with Gasteiger partial charge in [0.2, 0.25) is 0 Å². The summed E-state index contributed by atoms with van der Waals surface area (Å²) in [7, 11) is 0. The topological polar surface area (TPSA) is 63.8 Å². The van der Waals surface area contributed by atoms with Crippen LogP contribution >= 0.6 is 15.9 Å². The summed E-state index contributed by atoms with van der Waals surface area (Å²) in [5.41, 5.74) is 5.11. The maximum atomic E-state index is 13.4. The molecule has 0 fully saturated rings. The van der Waals surface area contributed by atoms with Crippen LogP contribution in [0.3, 0.4) is 0 Å². The average Bonchev–Trinajstić information content (AvgIpc) is 2.31. The molecule has 0 atom stereocenters. The van der Waals surface area contributed by atoms with Gasteiger partial charge in [-0.05, 0) is 15.9 Å². The summed E-state index contributed by atoms with van der Waals surface area (Å²) in [4.78, 5) is 7.45. The highest BCUT2D eigenvalue weighted by Gasteiger charge is 2.13. The highest BCUT2D eigenvalue weighted by Crippen LogP contribution is 2.29. The summed E-state index contributed by atoms with van der Waals surface area (Å²) in [6.45, 7) is 0. The predicted molar refractivity (Wildman–Crippen MR) is 63.7 cm³/mol. The van der Waals surface area contributed by atoms with Crippen molar-refractivity contribution < 1.29 is 13.2 Å². The number of halogens is 4. The normalized spacial score (nSPS) is 10.4. The molecular weight excluding hydrogens is 313 g/mol. The number of nitrogens with zero attached hydrogens (tertiary/aromatic N) is 2. The second-order valence-corrected chi connectivity index (χ2v) is 4.09. The maximum Gasteiger partial charge on any atom is 0.182 e. The van der Waals surface area contributed by atoms with E-state index in [-0.39, 0.29) is 21.8 Å². The van der Waals surface area contributed by atoms with Crippen molar-refractivity contribution in [2.24, 2.45) is 0 Å². The van der Waals surface area contributed by atoms with Crippen LogP contribution in [0.4, 0.5) is 30.5 Å². The zero-order valence-corrected chi connectivity index (χ0v) is 10.3. The Bertz CT molecular complexity index is 606. The highest BCUT2D eigenvalue weighted by molar-refractivity contribution is 9.10. The van der Waals surface area contributed by atoms with E-state index in [1.807, 2.05) is 0 Å². The second-order valence-electron chi connectivity index (χ2n) is 3.30. The first-order chi connectivity index (χ1) is 8.49. The van der Waals surface area contributed by atoms with Gasteiger partial charge in [-0.2, -0.15) is 0 Å². The fraction of sp³-hybridized carbons (Fsp3) is 0. The van der Waals surface area contributed by atoms with E-state index in [0.717, 1.165) is 12.4 Å². The van der Waals surface area contributed by atoms with Crippen LogP contribution in [0, 0.1) is 17.5 Å². The van der Waals surface area contributed by atoms with Gasteiger partial charge >= 0.3 is 0 Å². The molecule has 2 rings (SSSR count). The van der Waals surface area contributed by atoms with Crippen molar-refractivity contribution in [3.63, 3.8) is 0 Å². The lowest BCUT2D eigenvalue weighted by molar-refractivity contribution is 0.498. The van der Waals surface area contributed by atoms with Crippen molar-refractivity contribution in [3.05, 3.63) is 40.4 Å². The van der Waals surface area contributed by atoms with Crippen LogP contribution in [-0.4, -0.2) is 9.97 Å². The molecule has 0 radical (unpaired) electrons. The van der Waals surface area contributed by atoms with Crippen LogP contribution in [0.1, 0.15) is 0 Å². The quantitative estimate of drug-likeness (QED) is 0.835. The lowest BCUT2D eigenvalue weighted by atomic mass is 10.3. The van der Waals surface area contributed by atoms with Gasteiger partial charge < -0.3 is 11.1 Å². The van der Waals surface area contributed by atoms with Crippen LogP contribution in [0.5, 0.6) is 0 Å². The van der Waals surface area contributed by atoms with E-state index < -0.39 is 17.5 Å². The monoisotopic (exact) mass is 318 g/mol. The fourth-order valence-corrected chi connectivity index (χ4v) is 1.55. The van der Waals surface area contributed by atoms with Crippen molar-refractivity contribution in [3.8, 4) is 0 Å². The summed E-state index contributed by atoms with van der Waals surface area (Å²) in [5, 5.41) is 2.43. The number of nitrogens with one attached hydrogen (secondary N) is 1. The molecule has 0 aliphatic heterocycles. The van der Waals surface area contributed by atoms with Gasteiger partial charge in [-0.25, -0.2) is 23.1 Å². The Morgan fingerprint density at radius 2 is 1.89 bits per heavy atom.